The summed E-state index contributed by atoms with van der Waals surface area (Å²) in [5.74, 6) is 1.68. The third-order valence-corrected chi connectivity index (χ3v) is 7.06. The van der Waals surface area contributed by atoms with Gasteiger partial charge < -0.3 is 9.80 Å². The highest BCUT2D eigenvalue weighted by Crippen LogP contribution is 2.39. The van der Waals surface area contributed by atoms with E-state index >= 15 is 0 Å². The number of fused-ring (bicyclic) bond motifs is 5. The molecule has 1 saturated heterocycles. The molecule has 1 fully saturated rings. The number of nitrogens with zero attached hydrogens (tertiary/aromatic N) is 6. The van der Waals surface area contributed by atoms with E-state index in [1.54, 1.807) is 15.9 Å². The molecule has 0 aromatic carbocycles. The summed E-state index contributed by atoms with van der Waals surface area (Å²) >= 11 is 1.78. The molecule has 0 radical (unpaired) electrons. The summed E-state index contributed by atoms with van der Waals surface area (Å²) in [6.07, 6.45) is 3.41. The van der Waals surface area contributed by atoms with Gasteiger partial charge in [0.15, 0.2) is 5.65 Å². The molecule has 7 nitrogen and oxygen atoms in total. The van der Waals surface area contributed by atoms with Crippen molar-refractivity contribution in [3.63, 3.8) is 0 Å². The zero-order valence-corrected chi connectivity index (χ0v) is 16.8. The molecule has 1 unspecified atom stereocenters. The zero-order valence-electron chi connectivity index (χ0n) is 16.0. The smallest absolute Gasteiger partial charge is 0.293 e. The SMILES string of the molecule is Cc1nc2sc3c(c2c2nc(C(=O)N4CCN(C)CC4)nn12)CC(C)CC3. The van der Waals surface area contributed by atoms with Gasteiger partial charge in [-0.1, -0.05) is 6.92 Å². The number of carbonyl (C=O) groups is 1. The number of hydrogen-bond acceptors (Lipinski definition) is 6. The Morgan fingerprint density at radius 2 is 1.96 bits per heavy atom. The fourth-order valence-corrected chi connectivity index (χ4v) is 5.44. The van der Waals surface area contributed by atoms with Crippen molar-refractivity contribution in [1.82, 2.24) is 29.4 Å². The van der Waals surface area contributed by atoms with Gasteiger partial charge in [0, 0.05) is 31.1 Å². The molecule has 1 aliphatic carbocycles. The number of likely N-dealkylation sites (N-methyl/N-ethyl adjacent to an activating group) is 1. The van der Waals surface area contributed by atoms with Crippen molar-refractivity contribution in [2.45, 2.75) is 33.1 Å². The summed E-state index contributed by atoms with van der Waals surface area (Å²) < 4.78 is 1.76. The molecule has 27 heavy (non-hydrogen) atoms. The lowest BCUT2D eigenvalue weighted by Crippen LogP contribution is -2.47. The monoisotopic (exact) mass is 384 g/mol. The van der Waals surface area contributed by atoms with Gasteiger partial charge in [-0.15, -0.1) is 16.4 Å². The van der Waals surface area contributed by atoms with E-state index in [0.29, 0.717) is 11.7 Å². The first-order valence-corrected chi connectivity index (χ1v) is 10.5. The van der Waals surface area contributed by atoms with E-state index in [-0.39, 0.29) is 5.91 Å². The van der Waals surface area contributed by atoms with E-state index in [2.05, 4.69) is 24.0 Å². The minimum atomic E-state index is -0.0724. The third kappa shape index (κ3) is 2.73. The van der Waals surface area contributed by atoms with Crippen molar-refractivity contribution < 1.29 is 4.79 Å². The third-order valence-electron chi connectivity index (χ3n) is 5.87. The van der Waals surface area contributed by atoms with Crippen molar-refractivity contribution in [2.75, 3.05) is 33.2 Å². The summed E-state index contributed by atoms with van der Waals surface area (Å²) in [4.78, 5) is 29.0. The van der Waals surface area contributed by atoms with Gasteiger partial charge in [0.2, 0.25) is 5.82 Å². The lowest BCUT2D eigenvalue weighted by molar-refractivity contribution is 0.0652. The van der Waals surface area contributed by atoms with Gasteiger partial charge in [-0.25, -0.2) is 9.97 Å². The molecule has 0 N–H and O–H groups in total. The Hall–Kier alpha value is -2.06. The van der Waals surface area contributed by atoms with Crippen LogP contribution in [0.3, 0.4) is 0 Å². The van der Waals surface area contributed by atoms with Gasteiger partial charge in [-0.2, -0.15) is 4.52 Å². The molecule has 3 aromatic heterocycles. The molecule has 1 atom stereocenters. The molecule has 2 aliphatic rings. The van der Waals surface area contributed by atoms with E-state index in [0.717, 1.165) is 60.7 Å². The zero-order chi connectivity index (χ0) is 18.7. The van der Waals surface area contributed by atoms with Crippen LogP contribution >= 0.6 is 11.3 Å². The number of aryl methyl sites for hydroxylation is 2. The van der Waals surface area contributed by atoms with Crippen LogP contribution in [0, 0.1) is 12.8 Å². The standard InChI is InChI=1S/C19H24N6OS/c1-11-4-5-14-13(10-11)15-17-21-16(19(26)24-8-6-23(3)7-9-24)22-25(17)12(2)20-18(15)27-14/h11H,4-10H2,1-3H3. The van der Waals surface area contributed by atoms with Crippen LogP contribution in [-0.4, -0.2) is 68.5 Å². The van der Waals surface area contributed by atoms with Gasteiger partial charge in [0.25, 0.3) is 5.91 Å². The number of piperazine rings is 1. The van der Waals surface area contributed by atoms with Gasteiger partial charge in [-0.3, -0.25) is 4.79 Å². The lowest BCUT2D eigenvalue weighted by atomic mass is 9.89. The maximum absolute atomic E-state index is 13.0. The highest BCUT2D eigenvalue weighted by molar-refractivity contribution is 7.19. The molecule has 1 aliphatic heterocycles. The predicted molar refractivity (Wildman–Crippen MR) is 105 cm³/mol. The van der Waals surface area contributed by atoms with E-state index in [1.165, 1.54) is 16.9 Å². The number of aromatic nitrogens is 4. The summed E-state index contributed by atoms with van der Waals surface area (Å²) in [7, 11) is 2.08. The molecular weight excluding hydrogens is 360 g/mol. The number of rotatable bonds is 1. The Balaban J connectivity index is 1.62. The second-order valence-corrected chi connectivity index (χ2v) is 9.04. The van der Waals surface area contributed by atoms with Crippen molar-refractivity contribution in [3.8, 4) is 0 Å². The molecule has 3 aromatic rings. The minimum absolute atomic E-state index is 0.0724. The number of amides is 1. The van der Waals surface area contributed by atoms with E-state index in [4.69, 9.17) is 9.97 Å². The van der Waals surface area contributed by atoms with Crippen LogP contribution in [0.15, 0.2) is 0 Å². The lowest BCUT2D eigenvalue weighted by Gasteiger charge is -2.31. The topological polar surface area (TPSA) is 66.6 Å². The average Bonchev–Trinajstić information content (AvgIpc) is 3.23. The Morgan fingerprint density at radius 1 is 1.19 bits per heavy atom. The highest BCUT2D eigenvalue weighted by atomic mass is 32.1. The molecule has 4 heterocycles. The van der Waals surface area contributed by atoms with E-state index in [1.807, 2.05) is 11.8 Å². The van der Waals surface area contributed by atoms with Crippen LogP contribution in [0.2, 0.25) is 0 Å². The summed E-state index contributed by atoms with van der Waals surface area (Å²) in [5.41, 5.74) is 2.17. The van der Waals surface area contributed by atoms with Crippen LogP contribution < -0.4 is 0 Å². The van der Waals surface area contributed by atoms with E-state index in [9.17, 15) is 4.79 Å². The Kier molecular flexibility index (Phi) is 3.94. The van der Waals surface area contributed by atoms with Gasteiger partial charge >= 0.3 is 0 Å². The number of carbonyl (C=O) groups excluding carboxylic acids is 1. The first kappa shape index (κ1) is 17.1. The first-order chi connectivity index (χ1) is 13.0. The Morgan fingerprint density at radius 3 is 2.74 bits per heavy atom. The molecule has 0 saturated carbocycles. The molecule has 0 bridgehead atoms. The normalized spacial score (nSPS) is 21.1. The van der Waals surface area contributed by atoms with Gasteiger partial charge in [0.05, 0.1) is 5.39 Å². The first-order valence-electron chi connectivity index (χ1n) is 9.66. The summed E-state index contributed by atoms with van der Waals surface area (Å²) in [6.45, 7) is 7.47. The molecule has 0 spiro atoms. The van der Waals surface area contributed by atoms with Gasteiger partial charge in [0.1, 0.15) is 10.7 Å². The fourth-order valence-electron chi connectivity index (χ4n) is 4.19. The Labute approximate surface area is 162 Å². The maximum atomic E-state index is 13.0. The fraction of sp³-hybridized carbons (Fsp3) is 0.579. The second kappa shape index (κ2) is 6.24. The van der Waals surface area contributed by atoms with Crippen LogP contribution in [0.5, 0.6) is 0 Å². The van der Waals surface area contributed by atoms with Crippen molar-refractivity contribution in [1.29, 1.82) is 0 Å². The quantitative estimate of drug-likeness (QED) is 0.643. The van der Waals surface area contributed by atoms with Crippen molar-refractivity contribution >= 4 is 33.1 Å². The number of thiophene rings is 1. The molecular formula is C19H24N6OS. The average molecular weight is 385 g/mol. The van der Waals surface area contributed by atoms with Crippen LogP contribution in [0.4, 0.5) is 0 Å². The number of hydrogen-bond donors (Lipinski definition) is 0. The van der Waals surface area contributed by atoms with Crippen molar-refractivity contribution in [3.05, 3.63) is 22.1 Å². The molecule has 1 amide bonds. The highest BCUT2D eigenvalue weighted by Gasteiger charge is 2.28. The van der Waals surface area contributed by atoms with Crippen molar-refractivity contribution in [2.24, 2.45) is 5.92 Å². The molecule has 5 rings (SSSR count). The maximum Gasteiger partial charge on any atom is 0.293 e. The van der Waals surface area contributed by atoms with Crippen LogP contribution in [0.1, 0.15) is 40.2 Å². The predicted octanol–water partition coefficient (Wildman–Crippen LogP) is 2.16. The molecule has 8 heteroatoms. The summed E-state index contributed by atoms with van der Waals surface area (Å²) in [5, 5.41) is 5.66. The van der Waals surface area contributed by atoms with Gasteiger partial charge in [-0.05, 0) is 44.7 Å². The second-order valence-electron chi connectivity index (χ2n) is 7.96. The summed E-state index contributed by atoms with van der Waals surface area (Å²) in [6, 6.07) is 0. The largest absolute Gasteiger partial charge is 0.333 e. The van der Waals surface area contributed by atoms with Crippen LogP contribution in [0.25, 0.3) is 15.9 Å². The Bertz CT molecular complexity index is 1050. The van der Waals surface area contributed by atoms with E-state index < -0.39 is 0 Å². The minimum Gasteiger partial charge on any atom is -0.333 e. The van der Waals surface area contributed by atoms with Crippen LogP contribution in [-0.2, 0) is 12.8 Å². The molecule has 142 valence electrons.